The van der Waals surface area contributed by atoms with E-state index in [4.69, 9.17) is 5.73 Å². The molecular formula is C14H18BrFN4. The Hall–Kier alpha value is -1.27. The fraction of sp³-hybridized carbons (Fsp3) is 0.429. The van der Waals surface area contributed by atoms with Crippen molar-refractivity contribution in [1.29, 1.82) is 0 Å². The van der Waals surface area contributed by atoms with Gasteiger partial charge in [0.25, 0.3) is 0 Å². The zero-order chi connectivity index (χ0) is 14.7. The highest BCUT2D eigenvalue weighted by atomic mass is 79.9. The third-order valence-corrected chi connectivity index (χ3v) is 3.41. The fourth-order valence-corrected chi connectivity index (χ4v) is 2.53. The summed E-state index contributed by atoms with van der Waals surface area (Å²) in [4.78, 5) is 4.25. The zero-order valence-electron chi connectivity index (χ0n) is 11.6. The molecule has 0 saturated carbocycles. The molecule has 0 bridgehead atoms. The molecule has 0 saturated heterocycles. The number of aromatic nitrogens is 3. The maximum absolute atomic E-state index is 13.4. The van der Waals surface area contributed by atoms with Gasteiger partial charge in [0.1, 0.15) is 18.0 Å². The van der Waals surface area contributed by atoms with Crippen molar-refractivity contribution >= 4 is 15.9 Å². The van der Waals surface area contributed by atoms with E-state index in [9.17, 15) is 4.39 Å². The SMILES string of the molecule is CC(C)Cn1ncnc1CC(N)c1cc(F)cc(Br)c1. The van der Waals surface area contributed by atoms with Crippen molar-refractivity contribution in [3.63, 3.8) is 0 Å². The van der Waals surface area contributed by atoms with Gasteiger partial charge in [-0.2, -0.15) is 5.10 Å². The molecule has 4 nitrogen and oxygen atoms in total. The molecule has 108 valence electrons. The van der Waals surface area contributed by atoms with E-state index in [1.165, 1.54) is 18.5 Å². The molecule has 0 aliphatic rings. The van der Waals surface area contributed by atoms with Crippen LogP contribution in [0.1, 0.15) is 31.3 Å². The molecule has 0 amide bonds. The van der Waals surface area contributed by atoms with Crippen LogP contribution in [0.2, 0.25) is 0 Å². The van der Waals surface area contributed by atoms with Crippen LogP contribution in [0, 0.1) is 11.7 Å². The number of hydrogen-bond donors (Lipinski definition) is 1. The van der Waals surface area contributed by atoms with E-state index in [1.807, 2.05) is 10.7 Å². The number of benzene rings is 1. The molecular weight excluding hydrogens is 323 g/mol. The van der Waals surface area contributed by atoms with Gasteiger partial charge in [0.15, 0.2) is 0 Å². The smallest absolute Gasteiger partial charge is 0.138 e. The van der Waals surface area contributed by atoms with Crippen LogP contribution in [0.15, 0.2) is 29.0 Å². The minimum absolute atomic E-state index is 0.298. The molecule has 0 radical (unpaired) electrons. The minimum atomic E-state index is -0.308. The van der Waals surface area contributed by atoms with E-state index in [-0.39, 0.29) is 11.9 Å². The van der Waals surface area contributed by atoms with Crippen LogP contribution < -0.4 is 5.73 Å². The van der Waals surface area contributed by atoms with E-state index in [2.05, 4.69) is 39.9 Å². The number of nitrogens with zero attached hydrogens (tertiary/aromatic N) is 3. The molecule has 0 aliphatic heterocycles. The topological polar surface area (TPSA) is 56.7 Å². The van der Waals surface area contributed by atoms with Crippen molar-refractivity contribution in [2.24, 2.45) is 11.7 Å². The highest BCUT2D eigenvalue weighted by Gasteiger charge is 2.14. The van der Waals surface area contributed by atoms with Gasteiger partial charge in [0.05, 0.1) is 0 Å². The highest BCUT2D eigenvalue weighted by molar-refractivity contribution is 9.10. The van der Waals surface area contributed by atoms with Crippen LogP contribution in [0.3, 0.4) is 0 Å². The Balaban J connectivity index is 2.15. The van der Waals surface area contributed by atoms with Gasteiger partial charge in [-0.25, -0.2) is 14.1 Å². The monoisotopic (exact) mass is 340 g/mol. The maximum atomic E-state index is 13.4. The van der Waals surface area contributed by atoms with E-state index >= 15 is 0 Å². The van der Waals surface area contributed by atoms with Gasteiger partial charge in [-0.15, -0.1) is 0 Å². The van der Waals surface area contributed by atoms with Crippen LogP contribution in [-0.4, -0.2) is 14.8 Å². The van der Waals surface area contributed by atoms with Crippen molar-refractivity contribution in [3.05, 3.63) is 46.2 Å². The molecule has 6 heteroatoms. The predicted molar refractivity (Wildman–Crippen MR) is 79.6 cm³/mol. The lowest BCUT2D eigenvalue weighted by Crippen LogP contribution is -2.18. The second kappa shape index (κ2) is 6.45. The number of nitrogens with two attached hydrogens (primary N) is 1. The Morgan fingerprint density at radius 2 is 2.10 bits per heavy atom. The summed E-state index contributed by atoms with van der Waals surface area (Å²) in [6.07, 6.45) is 2.06. The number of hydrogen-bond acceptors (Lipinski definition) is 3. The Bertz CT molecular complexity index is 562. The summed E-state index contributed by atoms with van der Waals surface area (Å²) in [6.45, 7) is 5.04. The Morgan fingerprint density at radius 1 is 1.35 bits per heavy atom. The molecule has 2 rings (SSSR count). The summed E-state index contributed by atoms with van der Waals surface area (Å²) >= 11 is 3.28. The molecule has 1 atom stereocenters. The molecule has 2 N–H and O–H groups in total. The van der Waals surface area contributed by atoms with Gasteiger partial charge in [-0.1, -0.05) is 29.8 Å². The molecule has 0 spiro atoms. The van der Waals surface area contributed by atoms with E-state index < -0.39 is 0 Å². The van der Waals surface area contributed by atoms with Crippen LogP contribution in [-0.2, 0) is 13.0 Å². The summed E-state index contributed by atoms with van der Waals surface area (Å²) in [7, 11) is 0. The lowest BCUT2D eigenvalue weighted by atomic mass is 10.0. The standard InChI is InChI=1S/C14H18BrFN4/c1-9(2)7-20-14(18-8-19-20)6-13(17)10-3-11(15)5-12(16)4-10/h3-5,8-9,13H,6-7,17H2,1-2H3. The summed E-state index contributed by atoms with van der Waals surface area (Å²) in [5.41, 5.74) is 6.90. The molecule has 1 unspecified atom stereocenters. The van der Waals surface area contributed by atoms with Crippen molar-refractivity contribution in [2.45, 2.75) is 32.9 Å². The van der Waals surface area contributed by atoms with Crippen molar-refractivity contribution < 1.29 is 4.39 Å². The molecule has 2 aromatic rings. The van der Waals surface area contributed by atoms with Gasteiger partial charge in [-0.3, -0.25) is 0 Å². The Labute approximate surface area is 126 Å². The predicted octanol–water partition coefficient (Wildman–Crippen LogP) is 3.08. The van der Waals surface area contributed by atoms with Gasteiger partial charge >= 0.3 is 0 Å². The largest absolute Gasteiger partial charge is 0.324 e. The van der Waals surface area contributed by atoms with Gasteiger partial charge in [-0.05, 0) is 29.7 Å². The number of rotatable bonds is 5. The molecule has 1 aromatic carbocycles. The zero-order valence-corrected chi connectivity index (χ0v) is 13.1. The lowest BCUT2D eigenvalue weighted by molar-refractivity contribution is 0.459. The Kier molecular flexibility index (Phi) is 4.88. The first kappa shape index (κ1) is 15.1. The quantitative estimate of drug-likeness (QED) is 0.909. The average molecular weight is 341 g/mol. The third-order valence-electron chi connectivity index (χ3n) is 2.95. The van der Waals surface area contributed by atoms with Gasteiger partial charge < -0.3 is 5.73 Å². The summed E-state index contributed by atoms with van der Waals surface area (Å²) < 4.78 is 15.9. The van der Waals surface area contributed by atoms with Crippen molar-refractivity contribution in [2.75, 3.05) is 0 Å². The van der Waals surface area contributed by atoms with Crippen molar-refractivity contribution in [3.8, 4) is 0 Å². The average Bonchev–Trinajstić information content (AvgIpc) is 2.74. The second-order valence-electron chi connectivity index (χ2n) is 5.27. The van der Waals surface area contributed by atoms with E-state index in [1.54, 1.807) is 0 Å². The molecule has 0 aliphatic carbocycles. The first-order chi connectivity index (χ1) is 9.45. The minimum Gasteiger partial charge on any atom is -0.324 e. The summed E-state index contributed by atoms with van der Waals surface area (Å²) in [6, 6.07) is 4.39. The van der Waals surface area contributed by atoms with Gasteiger partial charge in [0.2, 0.25) is 0 Å². The molecule has 0 fully saturated rings. The van der Waals surface area contributed by atoms with Crippen LogP contribution in [0.25, 0.3) is 0 Å². The number of halogens is 2. The van der Waals surface area contributed by atoms with E-state index in [0.29, 0.717) is 16.8 Å². The van der Waals surface area contributed by atoms with Crippen molar-refractivity contribution in [1.82, 2.24) is 14.8 Å². The third kappa shape index (κ3) is 3.86. The first-order valence-corrected chi connectivity index (χ1v) is 7.33. The maximum Gasteiger partial charge on any atom is 0.138 e. The lowest BCUT2D eigenvalue weighted by Gasteiger charge is -2.14. The second-order valence-corrected chi connectivity index (χ2v) is 6.18. The van der Waals surface area contributed by atoms with Crippen LogP contribution >= 0.6 is 15.9 Å². The molecule has 1 aromatic heterocycles. The summed E-state index contributed by atoms with van der Waals surface area (Å²) in [5.74, 6) is 1.01. The first-order valence-electron chi connectivity index (χ1n) is 6.54. The molecule has 1 heterocycles. The normalized spacial score (nSPS) is 12.9. The Morgan fingerprint density at radius 3 is 2.75 bits per heavy atom. The van der Waals surface area contributed by atoms with Gasteiger partial charge in [0, 0.05) is 23.5 Å². The fourth-order valence-electron chi connectivity index (χ4n) is 2.05. The summed E-state index contributed by atoms with van der Waals surface area (Å²) in [5, 5.41) is 4.20. The van der Waals surface area contributed by atoms with E-state index in [0.717, 1.165) is 17.9 Å². The molecule has 20 heavy (non-hydrogen) atoms. The van der Waals surface area contributed by atoms with Crippen LogP contribution in [0.4, 0.5) is 4.39 Å². The van der Waals surface area contributed by atoms with Crippen LogP contribution in [0.5, 0.6) is 0 Å². The highest BCUT2D eigenvalue weighted by Crippen LogP contribution is 2.21.